The molecule has 0 aliphatic rings. The van der Waals surface area contributed by atoms with Crippen LogP contribution in [0, 0.1) is 26.6 Å². The molecule has 0 atom stereocenters. The van der Waals surface area contributed by atoms with Crippen LogP contribution >= 0.6 is 0 Å². The summed E-state index contributed by atoms with van der Waals surface area (Å²) in [6.07, 6.45) is 1.66. The van der Waals surface area contributed by atoms with Crippen LogP contribution in [0.2, 0.25) is 0 Å². The fraction of sp³-hybridized carbons (Fsp3) is 0.200. The molecule has 0 bridgehead atoms. The molecule has 0 aliphatic heterocycles. The summed E-state index contributed by atoms with van der Waals surface area (Å²) < 4.78 is 13.2. The van der Waals surface area contributed by atoms with E-state index >= 15 is 0 Å². The van der Waals surface area contributed by atoms with Crippen LogP contribution in [-0.4, -0.2) is 10.8 Å². The van der Waals surface area contributed by atoms with Crippen molar-refractivity contribution in [2.45, 2.75) is 20.8 Å². The van der Waals surface area contributed by atoms with E-state index in [1.54, 1.807) is 19.2 Å². The number of hydrogen-bond donors (Lipinski definition) is 0. The first-order chi connectivity index (χ1) is 8.49. The molecular weight excluding hydrogens is 229 g/mol. The highest BCUT2D eigenvalue weighted by atomic mass is 19.1. The maximum absolute atomic E-state index is 13.2. The summed E-state index contributed by atoms with van der Waals surface area (Å²) in [5.41, 5.74) is 3.20. The van der Waals surface area contributed by atoms with Gasteiger partial charge in [0.25, 0.3) is 0 Å². The zero-order chi connectivity index (χ0) is 13.3. The van der Waals surface area contributed by atoms with E-state index in [0.717, 1.165) is 11.1 Å². The van der Waals surface area contributed by atoms with E-state index in [4.69, 9.17) is 0 Å². The van der Waals surface area contributed by atoms with Gasteiger partial charge in [-0.05, 0) is 55.7 Å². The number of aryl methyl sites for hydroxylation is 3. The molecule has 1 aromatic heterocycles. The van der Waals surface area contributed by atoms with E-state index in [2.05, 4.69) is 4.98 Å². The van der Waals surface area contributed by atoms with Crippen LogP contribution in [0.4, 0.5) is 4.39 Å². The Kier molecular flexibility index (Phi) is 3.24. The van der Waals surface area contributed by atoms with E-state index < -0.39 is 0 Å². The van der Waals surface area contributed by atoms with Crippen LogP contribution in [0.25, 0.3) is 0 Å². The Morgan fingerprint density at radius 1 is 1.11 bits per heavy atom. The quantitative estimate of drug-likeness (QED) is 0.757. The molecule has 92 valence electrons. The van der Waals surface area contributed by atoms with Crippen molar-refractivity contribution in [3.63, 3.8) is 0 Å². The number of pyridine rings is 1. The lowest BCUT2D eigenvalue weighted by molar-refractivity contribution is 0.103. The normalized spacial score (nSPS) is 10.4. The van der Waals surface area contributed by atoms with Crippen molar-refractivity contribution in [1.82, 2.24) is 4.98 Å². The van der Waals surface area contributed by atoms with Gasteiger partial charge in [0.05, 0.1) is 0 Å². The Morgan fingerprint density at radius 3 is 2.44 bits per heavy atom. The van der Waals surface area contributed by atoms with Crippen molar-refractivity contribution in [1.29, 1.82) is 0 Å². The molecule has 2 nitrogen and oxygen atoms in total. The second-order valence-electron chi connectivity index (χ2n) is 4.47. The lowest BCUT2D eigenvalue weighted by Gasteiger charge is -2.06. The molecule has 0 spiro atoms. The van der Waals surface area contributed by atoms with E-state index in [0.29, 0.717) is 16.8 Å². The molecule has 0 amide bonds. The molecule has 2 aromatic rings. The number of benzene rings is 1. The predicted octanol–water partition coefficient (Wildman–Crippen LogP) is 3.38. The van der Waals surface area contributed by atoms with Crippen LogP contribution < -0.4 is 0 Å². The Balaban J connectivity index is 2.44. The summed E-state index contributed by atoms with van der Waals surface area (Å²) in [6.45, 7) is 5.42. The summed E-state index contributed by atoms with van der Waals surface area (Å²) in [5, 5.41) is 0. The first-order valence-electron chi connectivity index (χ1n) is 5.73. The molecule has 0 fully saturated rings. The standard InChI is InChI=1S/C15H14FNO/c1-9-6-11(3)14(17-8-9)15(18)12-4-5-13(16)10(2)7-12/h4-8H,1-3H3. The molecule has 2 rings (SSSR count). The number of hydrogen-bond acceptors (Lipinski definition) is 2. The van der Waals surface area contributed by atoms with Crippen molar-refractivity contribution < 1.29 is 9.18 Å². The molecule has 0 saturated carbocycles. The van der Waals surface area contributed by atoms with Gasteiger partial charge in [0.2, 0.25) is 5.78 Å². The van der Waals surface area contributed by atoms with E-state index in [1.807, 2.05) is 19.9 Å². The number of carbonyl (C=O) groups is 1. The zero-order valence-corrected chi connectivity index (χ0v) is 10.6. The second-order valence-corrected chi connectivity index (χ2v) is 4.47. The zero-order valence-electron chi connectivity index (χ0n) is 10.6. The first kappa shape index (κ1) is 12.4. The summed E-state index contributed by atoms with van der Waals surface area (Å²) in [5.74, 6) is -0.476. The van der Waals surface area contributed by atoms with Crippen molar-refractivity contribution in [3.05, 3.63) is 64.2 Å². The van der Waals surface area contributed by atoms with Gasteiger partial charge in [-0.15, -0.1) is 0 Å². The number of halogens is 1. The largest absolute Gasteiger partial charge is 0.287 e. The van der Waals surface area contributed by atoms with E-state index in [-0.39, 0.29) is 11.6 Å². The molecule has 0 N–H and O–H groups in total. The van der Waals surface area contributed by atoms with Crippen molar-refractivity contribution in [3.8, 4) is 0 Å². The Hall–Kier alpha value is -2.03. The Morgan fingerprint density at radius 2 is 1.83 bits per heavy atom. The van der Waals surface area contributed by atoms with Crippen molar-refractivity contribution in [2.24, 2.45) is 0 Å². The second kappa shape index (κ2) is 4.69. The number of aromatic nitrogens is 1. The third-order valence-electron chi connectivity index (χ3n) is 2.85. The van der Waals surface area contributed by atoms with Crippen molar-refractivity contribution >= 4 is 5.78 Å². The average molecular weight is 243 g/mol. The summed E-state index contributed by atoms with van der Waals surface area (Å²) >= 11 is 0. The van der Waals surface area contributed by atoms with Gasteiger partial charge in [-0.1, -0.05) is 6.07 Å². The predicted molar refractivity (Wildman–Crippen MR) is 68.3 cm³/mol. The maximum atomic E-state index is 13.2. The highest BCUT2D eigenvalue weighted by Crippen LogP contribution is 2.15. The third-order valence-corrected chi connectivity index (χ3v) is 2.85. The molecule has 1 aromatic carbocycles. The van der Waals surface area contributed by atoms with Crippen LogP contribution in [0.15, 0.2) is 30.5 Å². The fourth-order valence-corrected chi connectivity index (χ4v) is 1.88. The van der Waals surface area contributed by atoms with Gasteiger partial charge in [0, 0.05) is 11.8 Å². The van der Waals surface area contributed by atoms with Gasteiger partial charge < -0.3 is 0 Å². The summed E-state index contributed by atoms with van der Waals surface area (Å²) in [6, 6.07) is 6.27. The number of rotatable bonds is 2. The molecule has 3 heteroatoms. The Bertz CT molecular complexity index is 620. The van der Waals surface area contributed by atoms with Gasteiger partial charge in [0.1, 0.15) is 11.5 Å². The van der Waals surface area contributed by atoms with Crippen molar-refractivity contribution in [2.75, 3.05) is 0 Å². The minimum Gasteiger partial charge on any atom is -0.287 e. The van der Waals surface area contributed by atoms with Crippen LogP contribution in [0.3, 0.4) is 0 Å². The summed E-state index contributed by atoms with van der Waals surface area (Å²) in [7, 11) is 0. The van der Waals surface area contributed by atoms with Crippen LogP contribution in [-0.2, 0) is 0 Å². The smallest absolute Gasteiger partial charge is 0.211 e. The van der Waals surface area contributed by atoms with E-state index in [9.17, 15) is 9.18 Å². The molecule has 0 unspecified atom stereocenters. The SMILES string of the molecule is Cc1cnc(C(=O)c2ccc(F)c(C)c2)c(C)c1. The van der Waals surface area contributed by atoms with Gasteiger partial charge in [-0.25, -0.2) is 4.39 Å². The van der Waals surface area contributed by atoms with Gasteiger partial charge >= 0.3 is 0 Å². The van der Waals surface area contributed by atoms with Gasteiger partial charge in [0.15, 0.2) is 0 Å². The maximum Gasteiger partial charge on any atom is 0.211 e. The third kappa shape index (κ3) is 2.30. The Labute approximate surface area is 105 Å². The number of carbonyl (C=O) groups excluding carboxylic acids is 1. The van der Waals surface area contributed by atoms with Gasteiger partial charge in [-0.2, -0.15) is 0 Å². The van der Waals surface area contributed by atoms with E-state index in [1.165, 1.54) is 12.1 Å². The average Bonchev–Trinajstić information content (AvgIpc) is 2.32. The van der Waals surface area contributed by atoms with Gasteiger partial charge in [-0.3, -0.25) is 9.78 Å². The molecule has 0 saturated heterocycles. The lowest BCUT2D eigenvalue weighted by atomic mass is 10.0. The molecule has 18 heavy (non-hydrogen) atoms. The minimum atomic E-state index is -0.305. The topological polar surface area (TPSA) is 30.0 Å². The minimum absolute atomic E-state index is 0.171. The number of nitrogens with zero attached hydrogens (tertiary/aromatic N) is 1. The monoisotopic (exact) mass is 243 g/mol. The first-order valence-corrected chi connectivity index (χ1v) is 5.73. The highest BCUT2D eigenvalue weighted by molar-refractivity contribution is 6.08. The molecule has 0 radical (unpaired) electrons. The highest BCUT2D eigenvalue weighted by Gasteiger charge is 2.14. The molecule has 1 heterocycles. The fourth-order valence-electron chi connectivity index (χ4n) is 1.88. The molecule has 0 aliphatic carbocycles. The van der Waals surface area contributed by atoms with Crippen LogP contribution in [0.1, 0.15) is 32.7 Å². The summed E-state index contributed by atoms with van der Waals surface area (Å²) in [4.78, 5) is 16.4. The number of ketones is 1. The van der Waals surface area contributed by atoms with Crippen LogP contribution in [0.5, 0.6) is 0 Å². The lowest BCUT2D eigenvalue weighted by Crippen LogP contribution is -2.07. The molecular formula is C15H14FNO.